The van der Waals surface area contributed by atoms with Crippen LogP contribution in [0, 0.1) is 0 Å². The summed E-state index contributed by atoms with van der Waals surface area (Å²) >= 11 is 0. The largest absolute Gasteiger partial charge is 0.493 e. The van der Waals surface area contributed by atoms with E-state index in [2.05, 4.69) is 93.7 Å². The van der Waals surface area contributed by atoms with Gasteiger partial charge in [0.25, 0.3) is 0 Å². The van der Waals surface area contributed by atoms with Crippen molar-refractivity contribution in [3.63, 3.8) is 0 Å². The van der Waals surface area contributed by atoms with Crippen LogP contribution < -0.4 is 28.4 Å². The maximum Gasteiger partial charge on any atom is 0.203 e. The number of piperazine rings is 1. The van der Waals surface area contributed by atoms with Crippen LogP contribution in [-0.2, 0) is 27.2 Å². The van der Waals surface area contributed by atoms with Gasteiger partial charge in [0.2, 0.25) is 11.5 Å². The van der Waals surface area contributed by atoms with Crippen molar-refractivity contribution in [3.05, 3.63) is 96.3 Å². The summed E-state index contributed by atoms with van der Waals surface area (Å²) in [6, 6.07) is 29.5. The maximum absolute atomic E-state index is 5.77. The van der Waals surface area contributed by atoms with Gasteiger partial charge in [0, 0.05) is 97.1 Å². The topological polar surface area (TPSA) is 97.5 Å². The van der Waals surface area contributed by atoms with Crippen LogP contribution in [0.3, 0.4) is 0 Å². The van der Waals surface area contributed by atoms with Crippen LogP contribution in [0.15, 0.2) is 84.9 Å². The molecular weight excluding hydrogens is 757 g/mol. The average molecular weight is 807 g/mol. The molecule has 1 fully saturated rings. The Hall–Kier alpha value is -6.50. The minimum absolute atomic E-state index is 0.552. The van der Waals surface area contributed by atoms with E-state index in [9.17, 15) is 0 Å². The molecule has 12 heteroatoms. The molecule has 60 heavy (non-hydrogen) atoms. The van der Waals surface area contributed by atoms with E-state index in [4.69, 9.17) is 38.4 Å². The Morgan fingerprint density at radius 1 is 0.450 bits per heavy atom. The molecule has 0 radical (unpaired) electrons. The van der Waals surface area contributed by atoms with Crippen molar-refractivity contribution >= 4 is 43.6 Å². The van der Waals surface area contributed by atoms with E-state index >= 15 is 0 Å². The molecule has 0 amide bonds. The van der Waals surface area contributed by atoms with Crippen LogP contribution in [0.2, 0.25) is 0 Å². The third kappa shape index (κ3) is 6.56. The molecule has 1 aliphatic rings. The standard InChI is InChI=1S/C48H50N6O6/c1-51-37-15-11-9-13-33(37)35-25-31(49-43(45(35)51)29-21-39(55-3)47(59-7)40(22-29)56-4)27-53-17-19-54(20-18-53)28-32-26-36-34-14-10-12-16-38(34)52(2)46(36)44(50-32)30-23-41(57-5)48(60-8)42(24-30)58-6/h9-16,21-26H,17-20,27-28H2,1-8H3. The molecule has 0 N–H and O–H groups in total. The average Bonchev–Trinajstić information content (AvgIpc) is 3.74. The fraction of sp³-hybridized carbons (Fsp3) is 0.292. The molecule has 4 aromatic heterocycles. The Bertz CT molecular complexity index is 2660. The SMILES string of the molecule is COc1cc(-c2nc(CN3CCN(Cc4cc5c6ccccc6n(C)c5c(-c5cc(OC)c(OC)c(OC)c5)n4)CC3)cc3c4ccccc4n(C)c23)cc(OC)c1OC. The van der Waals surface area contributed by atoms with E-state index < -0.39 is 0 Å². The van der Waals surface area contributed by atoms with Gasteiger partial charge in [0.1, 0.15) is 0 Å². The normalized spacial score (nSPS) is 13.7. The van der Waals surface area contributed by atoms with Crippen molar-refractivity contribution in [2.24, 2.45) is 14.1 Å². The highest BCUT2D eigenvalue weighted by molar-refractivity contribution is 6.13. The Balaban J connectivity index is 1.03. The van der Waals surface area contributed by atoms with E-state index in [0.717, 1.165) is 95.2 Å². The molecule has 8 aromatic rings. The quantitative estimate of drug-likeness (QED) is 0.120. The van der Waals surface area contributed by atoms with Gasteiger partial charge in [-0.25, -0.2) is 9.97 Å². The Labute approximate surface area is 349 Å². The van der Waals surface area contributed by atoms with Gasteiger partial charge in [0.05, 0.1) is 76.5 Å². The molecule has 1 aliphatic heterocycles. The lowest BCUT2D eigenvalue weighted by Gasteiger charge is -2.34. The first-order valence-electron chi connectivity index (χ1n) is 20.1. The predicted octanol–water partition coefficient (Wildman–Crippen LogP) is 8.47. The number of ether oxygens (including phenoxy) is 6. The van der Waals surface area contributed by atoms with Gasteiger partial charge >= 0.3 is 0 Å². The van der Waals surface area contributed by atoms with Crippen LogP contribution in [-0.4, -0.2) is 97.7 Å². The molecule has 0 saturated carbocycles. The molecule has 0 atom stereocenters. The summed E-state index contributed by atoms with van der Waals surface area (Å²) in [6.45, 7) is 5.01. The number of aryl methyl sites for hydroxylation is 2. The van der Waals surface area contributed by atoms with E-state index in [1.807, 2.05) is 24.3 Å². The number of hydrogen-bond acceptors (Lipinski definition) is 10. The zero-order chi connectivity index (χ0) is 41.7. The van der Waals surface area contributed by atoms with Crippen molar-refractivity contribution in [3.8, 4) is 57.0 Å². The first-order chi connectivity index (χ1) is 29.3. The zero-order valence-electron chi connectivity index (χ0n) is 35.5. The van der Waals surface area contributed by atoms with Crippen molar-refractivity contribution in [2.75, 3.05) is 68.8 Å². The second kappa shape index (κ2) is 15.9. The van der Waals surface area contributed by atoms with Gasteiger partial charge in [-0.15, -0.1) is 0 Å². The van der Waals surface area contributed by atoms with Crippen LogP contribution in [0.4, 0.5) is 0 Å². The van der Waals surface area contributed by atoms with Gasteiger partial charge in [-0.3, -0.25) is 9.80 Å². The number of para-hydroxylation sites is 2. The summed E-state index contributed by atoms with van der Waals surface area (Å²) in [5.74, 6) is 3.46. The number of pyridine rings is 2. The summed E-state index contributed by atoms with van der Waals surface area (Å²) in [5, 5.41) is 4.72. The van der Waals surface area contributed by atoms with Crippen LogP contribution in [0.25, 0.3) is 66.1 Å². The number of fused-ring (bicyclic) bond motifs is 6. The molecule has 4 aromatic carbocycles. The molecule has 0 aliphatic carbocycles. The van der Waals surface area contributed by atoms with E-state index in [1.54, 1.807) is 42.7 Å². The molecule has 0 bridgehead atoms. The summed E-state index contributed by atoms with van der Waals surface area (Å²) < 4.78 is 38.9. The van der Waals surface area contributed by atoms with Crippen LogP contribution >= 0.6 is 0 Å². The number of methoxy groups -OCH3 is 6. The molecule has 0 unspecified atom stereocenters. The van der Waals surface area contributed by atoms with Crippen LogP contribution in [0.5, 0.6) is 34.5 Å². The molecule has 12 nitrogen and oxygen atoms in total. The van der Waals surface area contributed by atoms with Gasteiger partial charge in [0.15, 0.2) is 23.0 Å². The number of benzene rings is 4. The van der Waals surface area contributed by atoms with E-state index in [1.165, 1.54) is 21.5 Å². The highest BCUT2D eigenvalue weighted by atomic mass is 16.5. The lowest BCUT2D eigenvalue weighted by atomic mass is 10.0. The Morgan fingerprint density at radius 2 is 0.800 bits per heavy atom. The smallest absolute Gasteiger partial charge is 0.203 e. The Kier molecular flexibility index (Phi) is 10.3. The first kappa shape index (κ1) is 39.0. The number of aromatic nitrogens is 4. The number of nitrogens with zero attached hydrogens (tertiary/aromatic N) is 6. The van der Waals surface area contributed by atoms with Gasteiger partial charge < -0.3 is 37.6 Å². The predicted molar refractivity (Wildman–Crippen MR) is 237 cm³/mol. The molecule has 308 valence electrons. The number of hydrogen-bond donors (Lipinski definition) is 0. The van der Waals surface area contributed by atoms with Gasteiger partial charge in [-0.1, -0.05) is 36.4 Å². The second-order valence-electron chi connectivity index (χ2n) is 15.2. The van der Waals surface area contributed by atoms with Crippen molar-refractivity contribution in [1.82, 2.24) is 28.9 Å². The van der Waals surface area contributed by atoms with Crippen LogP contribution in [0.1, 0.15) is 11.4 Å². The highest BCUT2D eigenvalue weighted by Crippen LogP contribution is 2.45. The molecular formula is C48H50N6O6. The fourth-order valence-electron chi connectivity index (χ4n) is 9.06. The van der Waals surface area contributed by atoms with Crippen molar-refractivity contribution in [1.29, 1.82) is 0 Å². The molecule has 9 rings (SSSR count). The second-order valence-corrected chi connectivity index (χ2v) is 15.2. The van der Waals surface area contributed by atoms with Gasteiger partial charge in [-0.2, -0.15) is 0 Å². The van der Waals surface area contributed by atoms with E-state index in [-0.39, 0.29) is 0 Å². The first-order valence-corrected chi connectivity index (χ1v) is 20.1. The minimum Gasteiger partial charge on any atom is -0.493 e. The zero-order valence-corrected chi connectivity index (χ0v) is 35.5. The summed E-state index contributed by atoms with van der Waals surface area (Å²) in [6.07, 6.45) is 0. The van der Waals surface area contributed by atoms with E-state index in [0.29, 0.717) is 34.5 Å². The molecule has 5 heterocycles. The Morgan fingerprint density at radius 3 is 1.13 bits per heavy atom. The lowest BCUT2D eigenvalue weighted by Crippen LogP contribution is -2.45. The number of rotatable bonds is 12. The summed E-state index contributed by atoms with van der Waals surface area (Å²) in [4.78, 5) is 15.8. The maximum atomic E-state index is 5.77. The summed E-state index contributed by atoms with van der Waals surface area (Å²) in [7, 11) is 14.0. The van der Waals surface area contributed by atoms with Gasteiger partial charge in [-0.05, 0) is 48.5 Å². The fourth-order valence-corrected chi connectivity index (χ4v) is 9.06. The third-order valence-corrected chi connectivity index (χ3v) is 12.0. The van der Waals surface area contributed by atoms with Crippen molar-refractivity contribution < 1.29 is 28.4 Å². The van der Waals surface area contributed by atoms with Crippen molar-refractivity contribution in [2.45, 2.75) is 13.1 Å². The minimum atomic E-state index is 0.552. The summed E-state index contributed by atoms with van der Waals surface area (Å²) in [5.41, 5.74) is 9.97. The lowest BCUT2D eigenvalue weighted by molar-refractivity contribution is 0.120. The third-order valence-electron chi connectivity index (χ3n) is 12.0. The molecule has 1 saturated heterocycles. The monoisotopic (exact) mass is 806 g/mol. The highest BCUT2D eigenvalue weighted by Gasteiger charge is 2.25. The molecule has 0 spiro atoms.